The van der Waals surface area contributed by atoms with E-state index in [-0.39, 0.29) is 53.2 Å². The summed E-state index contributed by atoms with van der Waals surface area (Å²) < 4.78 is 36.7. The van der Waals surface area contributed by atoms with Crippen LogP contribution in [0, 0.1) is 5.92 Å². The van der Waals surface area contributed by atoms with Crippen LogP contribution in [0.4, 0.5) is 14.6 Å². The van der Waals surface area contributed by atoms with Gasteiger partial charge in [0.25, 0.3) is 12.3 Å². The standard InChI is InChI=1S/C23H27F2N7O3/c24-21(25)20-16(10-32(29-20)13-3-1-12(11-33)2-4-13)19-18(22(26)34)23-27-17(5-6-31(23)28-19)30-8-14-7-15(9-30)35-14/h5-6,10,12-15,21,33H,1-4,7-9,11H2,(H2,26,34). The molecule has 0 radical (unpaired) electrons. The zero-order valence-corrected chi connectivity index (χ0v) is 19.1. The summed E-state index contributed by atoms with van der Waals surface area (Å²) in [5.41, 5.74) is 5.64. The molecule has 1 saturated carbocycles. The number of morpholine rings is 1. The first kappa shape index (κ1) is 22.4. The third-order valence-corrected chi connectivity index (χ3v) is 7.47. The number of alkyl halides is 2. The Hall–Kier alpha value is -3.12. The first-order valence-corrected chi connectivity index (χ1v) is 12.0. The Labute approximate surface area is 199 Å². The van der Waals surface area contributed by atoms with Gasteiger partial charge in [-0.25, -0.2) is 18.3 Å². The summed E-state index contributed by atoms with van der Waals surface area (Å²) in [6.45, 7) is 1.53. The number of aliphatic hydroxyl groups is 1. The van der Waals surface area contributed by atoms with Crippen LogP contribution >= 0.6 is 0 Å². The number of carbonyl (C=O) groups excluding carboxylic acids is 1. The van der Waals surface area contributed by atoms with Crippen LogP contribution in [0.25, 0.3) is 16.9 Å². The highest BCUT2D eigenvalue weighted by Gasteiger charge is 2.39. The molecule has 3 aromatic rings. The minimum Gasteiger partial charge on any atom is -0.396 e. The Morgan fingerprint density at radius 2 is 1.91 bits per heavy atom. The highest BCUT2D eigenvalue weighted by Crippen LogP contribution is 2.38. The van der Waals surface area contributed by atoms with Crippen molar-refractivity contribution >= 4 is 17.4 Å². The van der Waals surface area contributed by atoms with Gasteiger partial charge in [0.2, 0.25) is 0 Å². The number of fused-ring (bicyclic) bond motifs is 3. The summed E-state index contributed by atoms with van der Waals surface area (Å²) in [4.78, 5) is 19.3. The van der Waals surface area contributed by atoms with Gasteiger partial charge < -0.3 is 20.5 Å². The lowest BCUT2D eigenvalue weighted by molar-refractivity contribution is -0.133. The second-order valence-corrected chi connectivity index (χ2v) is 9.73. The number of nitrogens with zero attached hydrogens (tertiary/aromatic N) is 6. The van der Waals surface area contributed by atoms with Gasteiger partial charge in [-0.15, -0.1) is 0 Å². The molecule has 4 fully saturated rings. The van der Waals surface area contributed by atoms with Gasteiger partial charge in [-0.2, -0.15) is 10.2 Å². The van der Waals surface area contributed by atoms with Crippen molar-refractivity contribution in [1.82, 2.24) is 24.4 Å². The quantitative estimate of drug-likeness (QED) is 0.547. The van der Waals surface area contributed by atoms with Gasteiger partial charge in [0, 0.05) is 38.5 Å². The topological polar surface area (TPSA) is 124 Å². The zero-order valence-electron chi connectivity index (χ0n) is 19.1. The fourth-order valence-electron chi connectivity index (χ4n) is 5.58. The van der Waals surface area contributed by atoms with Gasteiger partial charge in [0.1, 0.15) is 22.8 Å². The van der Waals surface area contributed by atoms with Crippen molar-refractivity contribution in [2.24, 2.45) is 11.7 Å². The minimum atomic E-state index is -2.85. The second-order valence-electron chi connectivity index (χ2n) is 9.73. The van der Waals surface area contributed by atoms with E-state index < -0.39 is 18.0 Å². The van der Waals surface area contributed by atoms with E-state index in [1.807, 2.05) is 0 Å². The lowest BCUT2D eigenvalue weighted by Gasteiger charge is -2.47. The number of piperidine rings is 1. The third kappa shape index (κ3) is 3.84. The first-order chi connectivity index (χ1) is 16.9. The van der Waals surface area contributed by atoms with Crippen molar-refractivity contribution in [3.8, 4) is 11.3 Å². The molecule has 35 heavy (non-hydrogen) atoms. The molecule has 3 aliphatic heterocycles. The van der Waals surface area contributed by atoms with Crippen LogP contribution in [0.3, 0.4) is 0 Å². The highest BCUT2D eigenvalue weighted by atomic mass is 19.3. The van der Waals surface area contributed by atoms with Crippen molar-refractivity contribution < 1.29 is 23.4 Å². The molecule has 2 atom stereocenters. The predicted octanol–water partition coefficient (Wildman–Crippen LogP) is 2.33. The van der Waals surface area contributed by atoms with Gasteiger partial charge in [-0.3, -0.25) is 9.48 Å². The van der Waals surface area contributed by atoms with E-state index in [1.165, 1.54) is 10.7 Å². The third-order valence-electron chi connectivity index (χ3n) is 7.47. The number of hydrogen-bond donors (Lipinski definition) is 2. The Morgan fingerprint density at radius 1 is 1.20 bits per heavy atom. The largest absolute Gasteiger partial charge is 0.396 e. The smallest absolute Gasteiger partial charge is 0.282 e. The average Bonchev–Trinajstić information content (AvgIpc) is 3.45. The van der Waals surface area contributed by atoms with Gasteiger partial charge in [-0.1, -0.05) is 0 Å². The maximum atomic E-state index is 14.1. The molecule has 4 aliphatic rings. The molecular formula is C23H27F2N7O3. The molecule has 1 aliphatic carbocycles. The number of primary amides is 1. The van der Waals surface area contributed by atoms with Crippen molar-refractivity contribution in [2.75, 3.05) is 24.6 Å². The predicted molar refractivity (Wildman–Crippen MR) is 121 cm³/mol. The van der Waals surface area contributed by atoms with Crippen molar-refractivity contribution in [3.63, 3.8) is 0 Å². The number of rotatable bonds is 6. The second kappa shape index (κ2) is 8.52. The summed E-state index contributed by atoms with van der Waals surface area (Å²) in [6, 6.07) is 1.73. The molecule has 3 aromatic heterocycles. The maximum absolute atomic E-state index is 14.1. The maximum Gasteiger partial charge on any atom is 0.282 e. The van der Waals surface area contributed by atoms with Gasteiger partial charge in [0.15, 0.2) is 5.65 Å². The SMILES string of the molecule is NC(=O)c1c(-c2cn(C3CCC(CO)CC3)nc2C(F)F)nn2ccc(N3CC4CC(C3)O4)nc12. The molecule has 12 heteroatoms. The van der Waals surface area contributed by atoms with Crippen molar-refractivity contribution in [3.05, 3.63) is 29.7 Å². The summed E-state index contributed by atoms with van der Waals surface area (Å²) in [5.74, 6) is 0.101. The minimum absolute atomic E-state index is 0.00397. The fourth-order valence-corrected chi connectivity index (χ4v) is 5.58. The summed E-state index contributed by atoms with van der Waals surface area (Å²) in [7, 11) is 0. The number of halogens is 2. The molecule has 7 rings (SSSR count). The number of carbonyl (C=O) groups is 1. The number of amides is 1. The van der Waals surface area contributed by atoms with Crippen LogP contribution in [0.5, 0.6) is 0 Å². The number of ether oxygens (including phenoxy) is 1. The first-order valence-electron chi connectivity index (χ1n) is 12.0. The molecule has 0 aromatic carbocycles. The Balaban J connectivity index is 1.40. The molecule has 2 bridgehead atoms. The summed E-state index contributed by atoms with van der Waals surface area (Å²) in [5, 5.41) is 18.0. The lowest BCUT2D eigenvalue weighted by atomic mass is 9.87. The number of aromatic nitrogens is 5. The van der Waals surface area contributed by atoms with Crippen molar-refractivity contribution in [1.29, 1.82) is 0 Å². The Kier molecular flexibility index (Phi) is 5.44. The van der Waals surface area contributed by atoms with Crippen LogP contribution in [-0.2, 0) is 4.74 Å². The normalized spacial score (nSPS) is 26.3. The molecule has 3 N–H and O–H groups in total. The van der Waals surface area contributed by atoms with Crippen LogP contribution in [-0.4, -0.2) is 67.3 Å². The number of hydrogen-bond acceptors (Lipinski definition) is 7. The molecule has 6 heterocycles. The average molecular weight is 488 g/mol. The van der Waals surface area contributed by atoms with E-state index in [2.05, 4.69) is 20.1 Å². The van der Waals surface area contributed by atoms with Crippen LogP contribution in [0.15, 0.2) is 18.5 Å². The fraction of sp³-hybridized carbons (Fsp3) is 0.565. The van der Waals surface area contributed by atoms with Crippen LogP contribution in [0.2, 0.25) is 0 Å². The Bertz CT molecular complexity index is 1250. The molecule has 10 nitrogen and oxygen atoms in total. The monoisotopic (exact) mass is 487 g/mol. The van der Waals surface area contributed by atoms with Gasteiger partial charge in [-0.05, 0) is 37.7 Å². The molecule has 0 spiro atoms. The number of aliphatic hydroxyl groups excluding tert-OH is 1. The van der Waals surface area contributed by atoms with Crippen LogP contribution < -0.4 is 10.6 Å². The molecule has 2 unspecified atom stereocenters. The zero-order chi connectivity index (χ0) is 24.3. The number of nitrogens with two attached hydrogens (primary N) is 1. The van der Waals surface area contributed by atoms with E-state index in [9.17, 15) is 18.7 Å². The summed E-state index contributed by atoms with van der Waals surface area (Å²) >= 11 is 0. The lowest BCUT2D eigenvalue weighted by Crippen LogP contribution is -2.57. The molecule has 3 saturated heterocycles. The molecule has 186 valence electrons. The van der Waals surface area contributed by atoms with E-state index in [4.69, 9.17) is 10.5 Å². The van der Waals surface area contributed by atoms with E-state index in [1.54, 1.807) is 16.9 Å². The van der Waals surface area contributed by atoms with E-state index in [0.29, 0.717) is 18.9 Å². The van der Waals surface area contributed by atoms with Gasteiger partial charge >= 0.3 is 0 Å². The van der Waals surface area contributed by atoms with Crippen LogP contribution in [0.1, 0.15) is 60.6 Å². The molecule has 1 amide bonds. The number of anilines is 1. The van der Waals surface area contributed by atoms with E-state index in [0.717, 1.165) is 32.1 Å². The highest BCUT2D eigenvalue weighted by molar-refractivity contribution is 6.05. The van der Waals surface area contributed by atoms with E-state index >= 15 is 0 Å². The van der Waals surface area contributed by atoms with Crippen molar-refractivity contribution in [2.45, 2.75) is 56.8 Å². The Morgan fingerprint density at radius 3 is 2.54 bits per heavy atom. The molecular weight excluding hydrogens is 460 g/mol. The summed E-state index contributed by atoms with van der Waals surface area (Å²) in [6.07, 6.45) is 4.80. The van der Waals surface area contributed by atoms with Gasteiger partial charge in [0.05, 0.1) is 23.8 Å².